The number of nitrogens with zero attached hydrogens (tertiary/aromatic N) is 5. The fraction of sp³-hybridized carbons (Fsp3) is 0.476. The molecule has 0 aliphatic carbocycles. The van der Waals surface area contributed by atoms with Crippen LogP contribution in [0.15, 0.2) is 41.7 Å². The first-order valence-electron chi connectivity index (χ1n) is 10.3. The highest BCUT2D eigenvalue weighted by atomic mass is 16.5. The van der Waals surface area contributed by atoms with E-state index >= 15 is 0 Å². The minimum atomic E-state index is 0.0249. The lowest BCUT2D eigenvalue weighted by molar-refractivity contribution is -0.00804. The second-order valence-electron chi connectivity index (χ2n) is 7.29. The van der Waals surface area contributed by atoms with Gasteiger partial charge in [-0.25, -0.2) is 4.98 Å². The Hall–Kier alpha value is -2.87. The van der Waals surface area contributed by atoms with Crippen LogP contribution >= 0.6 is 0 Å². The normalized spacial score (nSPS) is 17.8. The van der Waals surface area contributed by atoms with Gasteiger partial charge in [-0.05, 0) is 25.5 Å². The number of ether oxygens (including phenoxy) is 1. The Morgan fingerprint density at radius 3 is 3.07 bits per heavy atom. The van der Waals surface area contributed by atoms with Crippen LogP contribution in [-0.4, -0.2) is 63.4 Å². The van der Waals surface area contributed by atoms with Crippen molar-refractivity contribution in [1.29, 1.82) is 0 Å². The van der Waals surface area contributed by atoms with E-state index in [1.165, 1.54) is 0 Å². The summed E-state index contributed by atoms with van der Waals surface area (Å²) >= 11 is 0. The number of aromatic amines is 1. The number of hydrogen-bond donors (Lipinski definition) is 2. The van der Waals surface area contributed by atoms with Crippen molar-refractivity contribution in [3.05, 3.63) is 48.0 Å². The van der Waals surface area contributed by atoms with Crippen LogP contribution in [0.5, 0.6) is 0 Å². The molecule has 0 spiro atoms. The lowest BCUT2D eigenvalue weighted by atomic mass is 10.1. The van der Waals surface area contributed by atoms with Gasteiger partial charge in [0.1, 0.15) is 11.9 Å². The monoisotopic (exact) mass is 395 g/mol. The molecular formula is C21H29N7O. The molecule has 1 aliphatic heterocycles. The summed E-state index contributed by atoms with van der Waals surface area (Å²) in [6, 6.07) is 8.14. The minimum absolute atomic E-state index is 0.0249. The van der Waals surface area contributed by atoms with E-state index < -0.39 is 0 Å². The Balaban J connectivity index is 1.35. The highest BCUT2D eigenvalue weighted by molar-refractivity contribution is 5.80. The molecule has 0 radical (unpaired) electrons. The van der Waals surface area contributed by atoms with Crippen molar-refractivity contribution in [2.75, 3.05) is 32.8 Å². The van der Waals surface area contributed by atoms with E-state index in [1.807, 2.05) is 42.3 Å². The van der Waals surface area contributed by atoms with Crippen LogP contribution in [0.2, 0.25) is 0 Å². The molecule has 1 saturated heterocycles. The third-order valence-corrected chi connectivity index (χ3v) is 5.07. The van der Waals surface area contributed by atoms with Gasteiger partial charge in [0.15, 0.2) is 5.96 Å². The zero-order chi connectivity index (χ0) is 20.1. The molecule has 8 heteroatoms. The Labute approximate surface area is 171 Å². The predicted molar refractivity (Wildman–Crippen MR) is 114 cm³/mol. The second-order valence-corrected chi connectivity index (χ2v) is 7.29. The number of benzene rings is 1. The highest BCUT2D eigenvalue weighted by Gasteiger charge is 2.25. The number of hydrogen-bond acceptors (Lipinski definition) is 4. The molecule has 0 amide bonds. The van der Waals surface area contributed by atoms with Gasteiger partial charge in [-0.3, -0.25) is 9.67 Å². The maximum Gasteiger partial charge on any atom is 0.194 e. The van der Waals surface area contributed by atoms with Crippen molar-refractivity contribution in [2.24, 2.45) is 12.0 Å². The summed E-state index contributed by atoms with van der Waals surface area (Å²) in [4.78, 5) is 15.2. The first-order valence-corrected chi connectivity index (χ1v) is 10.3. The third kappa shape index (κ3) is 4.76. The average molecular weight is 396 g/mol. The topological polar surface area (TPSA) is 83.4 Å². The van der Waals surface area contributed by atoms with Crippen LogP contribution in [0.25, 0.3) is 11.0 Å². The summed E-state index contributed by atoms with van der Waals surface area (Å²) in [6.07, 6.45) is 5.76. The largest absolute Gasteiger partial charge is 0.370 e. The second kappa shape index (κ2) is 9.09. The number of aliphatic imine (C=N–C) groups is 1. The van der Waals surface area contributed by atoms with Gasteiger partial charge < -0.3 is 19.9 Å². The molecule has 8 nitrogen and oxygen atoms in total. The summed E-state index contributed by atoms with van der Waals surface area (Å²) in [6.45, 7) is 6.00. The van der Waals surface area contributed by atoms with Crippen molar-refractivity contribution in [3.63, 3.8) is 0 Å². The van der Waals surface area contributed by atoms with Gasteiger partial charge in [0.25, 0.3) is 0 Å². The molecule has 1 fully saturated rings. The van der Waals surface area contributed by atoms with E-state index in [2.05, 4.69) is 38.3 Å². The Morgan fingerprint density at radius 1 is 1.38 bits per heavy atom. The standard InChI is InChI=1S/C21H29N7O/c1-3-22-21(28-11-12-29-19(15-28)16-13-24-27(2)14-16)23-10-6-9-20-25-17-7-4-5-8-18(17)26-20/h4-5,7-8,13-14,19H,3,6,9-12,15H2,1-2H3,(H,22,23)(H,25,26). The lowest BCUT2D eigenvalue weighted by Gasteiger charge is -2.34. The maximum absolute atomic E-state index is 5.96. The fourth-order valence-corrected chi connectivity index (χ4v) is 3.63. The third-order valence-electron chi connectivity index (χ3n) is 5.07. The van der Waals surface area contributed by atoms with Gasteiger partial charge in [0.2, 0.25) is 0 Å². The number of H-pyrrole nitrogens is 1. The summed E-state index contributed by atoms with van der Waals surface area (Å²) in [7, 11) is 1.93. The smallest absolute Gasteiger partial charge is 0.194 e. The summed E-state index contributed by atoms with van der Waals surface area (Å²) < 4.78 is 7.77. The summed E-state index contributed by atoms with van der Waals surface area (Å²) in [5, 5.41) is 7.69. The van der Waals surface area contributed by atoms with Crippen LogP contribution in [0.3, 0.4) is 0 Å². The zero-order valence-electron chi connectivity index (χ0n) is 17.1. The molecule has 1 aliphatic rings. The molecule has 4 rings (SSSR count). The molecule has 1 atom stereocenters. The Morgan fingerprint density at radius 2 is 2.28 bits per heavy atom. The number of rotatable bonds is 6. The number of guanidine groups is 1. The highest BCUT2D eigenvalue weighted by Crippen LogP contribution is 2.21. The van der Waals surface area contributed by atoms with E-state index in [9.17, 15) is 0 Å². The van der Waals surface area contributed by atoms with E-state index in [4.69, 9.17) is 9.73 Å². The van der Waals surface area contributed by atoms with Crippen LogP contribution in [0, 0.1) is 0 Å². The van der Waals surface area contributed by atoms with Crippen LogP contribution < -0.4 is 5.32 Å². The van der Waals surface area contributed by atoms with Crippen LogP contribution in [-0.2, 0) is 18.2 Å². The zero-order valence-corrected chi connectivity index (χ0v) is 17.1. The van der Waals surface area contributed by atoms with E-state index in [1.54, 1.807) is 0 Å². The number of aryl methyl sites for hydroxylation is 2. The van der Waals surface area contributed by atoms with Gasteiger partial charge in [-0.15, -0.1) is 0 Å². The van der Waals surface area contributed by atoms with E-state index in [0.29, 0.717) is 6.61 Å². The van der Waals surface area contributed by atoms with Gasteiger partial charge in [0, 0.05) is 44.9 Å². The van der Waals surface area contributed by atoms with Gasteiger partial charge in [0.05, 0.1) is 30.4 Å². The van der Waals surface area contributed by atoms with Crippen molar-refractivity contribution in [1.82, 2.24) is 30.0 Å². The fourth-order valence-electron chi connectivity index (χ4n) is 3.63. The van der Waals surface area contributed by atoms with Crippen molar-refractivity contribution in [3.8, 4) is 0 Å². The van der Waals surface area contributed by atoms with Crippen LogP contribution in [0.4, 0.5) is 0 Å². The molecular weight excluding hydrogens is 366 g/mol. The molecule has 3 heterocycles. The SMILES string of the molecule is CCNC(=NCCCc1nc2ccccc2[nH]1)N1CCOC(c2cnn(C)c2)C1. The summed E-state index contributed by atoms with van der Waals surface area (Å²) in [5.41, 5.74) is 3.22. The molecule has 2 N–H and O–H groups in total. The van der Waals surface area contributed by atoms with E-state index in [0.717, 1.165) is 67.4 Å². The summed E-state index contributed by atoms with van der Waals surface area (Å²) in [5.74, 6) is 1.98. The molecule has 0 bridgehead atoms. The molecule has 1 aromatic carbocycles. The number of nitrogens with one attached hydrogen (secondary N) is 2. The minimum Gasteiger partial charge on any atom is -0.370 e. The van der Waals surface area contributed by atoms with Crippen molar-refractivity contribution in [2.45, 2.75) is 25.9 Å². The average Bonchev–Trinajstić information content (AvgIpc) is 3.36. The first kappa shape index (κ1) is 19.4. The van der Waals surface area contributed by atoms with Crippen LogP contribution in [0.1, 0.15) is 30.8 Å². The van der Waals surface area contributed by atoms with Crippen molar-refractivity contribution < 1.29 is 4.74 Å². The molecule has 0 saturated carbocycles. The molecule has 3 aromatic rings. The molecule has 1 unspecified atom stereocenters. The lowest BCUT2D eigenvalue weighted by Crippen LogP contribution is -2.48. The number of morpholine rings is 1. The maximum atomic E-state index is 5.96. The van der Waals surface area contributed by atoms with Gasteiger partial charge in [-0.1, -0.05) is 12.1 Å². The number of imidazole rings is 1. The van der Waals surface area contributed by atoms with Gasteiger partial charge >= 0.3 is 0 Å². The number of fused-ring (bicyclic) bond motifs is 1. The molecule has 2 aromatic heterocycles. The molecule has 154 valence electrons. The predicted octanol–water partition coefficient (Wildman–Crippen LogP) is 2.27. The molecule has 29 heavy (non-hydrogen) atoms. The van der Waals surface area contributed by atoms with E-state index in [-0.39, 0.29) is 6.10 Å². The number of aromatic nitrogens is 4. The van der Waals surface area contributed by atoms with Gasteiger partial charge in [-0.2, -0.15) is 5.10 Å². The Bertz CT molecular complexity index is 928. The number of para-hydroxylation sites is 2. The quantitative estimate of drug-likeness (QED) is 0.380. The van der Waals surface area contributed by atoms with Crippen molar-refractivity contribution >= 4 is 17.0 Å². The first-order chi connectivity index (χ1) is 14.2. The Kier molecular flexibility index (Phi) is 6.09.